The Morgan fingerprint density at radius 1 is 1.12 bits per heavy atom. The lowest BCUT2D eigenvalue weighted by molar-refractivity contribution is 0.189. The zero-order chi connectivity index (χ0) is 17.9. The Morgan fingerprint density at radius 3 is 2.54 bits per heavy atom. The summed E-state index contributed by atoms with van der Waals surface area (Å²) in [5, 5.41) is 10.7. The van der Waals surface area contributed by atoms with Crippen LogP contribution in [-0.2, 0) is 13.0 Å². The number of aromatic nitrogens is 2. The topological polar surface area (TPSA) is 61.0 Å². The van der Waals surface area contributed by atoms with Gasteiger partial charge in [0.2, 0.25) is 0 Å². The fraction of sp³-hybridized carbons (Fsp3) is 0.238. The molecule has 26 heavy (non-hydrogen) atoms. The first-order valence-corrected chi connectivity index (χ1v) is 8.94. The van der Waals surface area contributed by atoms with Crippen LogP contribution in [0.3, 0.4) is 0 Å². The number of benzene rings is 2. The molecule has 2 heterocycles. The molecule has 4 rings (SSSR count). The van der Waals surface area contributed by atoms with Crippen molar-refractivity contribution in [3.05, 3.63) is 77.5 Å². The molecule has 132 valence electrons. The molecule has 1 atom stereocenters. The summed E-state index contributed by atoms with van der Waals surface area (Å²) >= 11 is 0. The van der Waals surface area contributed by atoms with Crippen molar-refractivity contribution in [3.63, 3.8) is 0 Å². The largest absolute Gasteiger partial charge is 0.331 e. The van der Waals surface area contributed by atoms with E-state index >= 15 is 0 Å². The van der Waals surface area contributed by atoms with Gasteiger partial charge >= 0.3 is 6.03 Å². The number of carbonyl (C=O) groups excluding carboxylic acids is 1. The van der Waals surface area contributed by atoms with Gasteiger partial charge in [0, 0.05) is 29.8 Å². The number of carbonyl (C=O) groups is 1. The van der Waals surface area contributed by atoms with Crippen molar-refractivity contribution in [2.24, 2.45) is 0 Å². The number of nitrogens with one attached hydrogen (secondary N) is 2. The van der Waals surface area contributed by atoms with Crippen molar-refractivity contribution in [1.82, 2.24) is 20.4 Å². The van der Waals surface area contributed by atoms with E-state index in [0.717, 1.165) is 34.5 Å². The molecule has 0 spiro atoms. The number of urea groups is 1. The van der Waals surface area contributed by atoms with Crippen LogP contribution in [0.15, 0.2) is 60.7 Å². The van der Waals surface area contributed by atoms with Gasteiger partial charge in [-0.3, -0.25) is 5.10 Å². The van der Waals surface area contributed by atoms with E-state index < -0.39 is 0 Å². The molecule has 2 amide bonds. The summed E-state index contributed by atoms with van der Waals surface area (Å²) in [6.45, 7) is 3.27. The predicted octanol–water partition coefficient (Wildman–Crippen LogP) is 3.91. The van der Waals surface area contributed by atoms with Crippen LogP contribution in [0.5, 0.6) is 0 Å². The Morgan fingerprint density at radius 2 is 1.81 bits per heavy atom. The average molecular weight is 346 g/mol. The highest BCUT2D eigenvalue weighted by Crippen LogP contribution is 2.28. The number of nitrogens with zero attached hydrogens (tertiary/aromatic N) is 2. The number of fused-ring (bicyclic) bond motifs is 1. The summed E-state index contributed by atoms with van der Waals surface area (Å²) in [7, 11) is 0. The van der Waals surface area contributed by atoms with Crippen LogP contribution in [0.2, 0.25) is 0 Å². The summed E-state index contributed by atoms with van der Waals surface area (Å²) in [5.41, 5.74) is 5.36. The minimum absolute atomic E-state index is 0.0250. The predicted molar refractivity (Wildman–Crippen MR) is 102 cm³/mol. The van der Waals surface area contributed by atoms with E-state index in [2.05, 4.69) is 15.5 Å². The second-order valence-electron chi connectivity index (χ2n) is 6.65. The molecular formula is C21H22N4O. The number of H-pyrrole nitrogens is 1. The van der Waals surface area contributed by atoms with Crippen LogP contribution >= 0.6 is 0 Å². The molecule has 0 radical (unpaired) electrons. The molecular weight excluding hydrogens is 324 g/mol. The summed E-state index contributed by atoms with van der Waals surface area (Å²) < 4.78 is 0. The highest BCUT2D eigenvalue weighted by molar-refractivity contribution is 5.76. The highest BCUT2D eigenvalue weighted by Gasteiger charge is 2.26. The lowest BCUT2D eigenvalue weighted by atomic mass is 10.0. The highest BCUT2D eigenvalue weighted by atomic mass is 16.2. The zero-order valence-electron chi connectivity index (χ0n) is 14.8. The van der Waals surface area contributed by atoms with E-state index in [1.54, 1.807) is 0 Å². The Kier molecular flexibility index (Phi) is 4.44. The first-order chi connectivity index (χ1) is 12.7. The monoisotopic (exact) mass is 346 g/mol. The fourth-order valence-corrected chi connectivity index (χ4v) is 3.40. The van der Waals surface area contributed by atoms with Gasteiger partial charge in [-0.15, -0.1) is 0 Å². The molecule has 1 aliphatic rings. The SMILES string of the molecule is CC(NC(=O)N1CCc2[nH]nc(-c3ccccc3)c2C1)c1ccccc1. The van der Waals surface area contributed by atoms with Crippen molar-refractivity contribution >= 4 is 6.03 Å². The Bertz CT molecular complexity index is 889. The molecule has 0 aliphatic carbocycles. The third-order valence-electron chi connectivity index (χ3n) is 4.91. The lowest BCUT2D eigenvalue weighted by Crippen LogP contribution is -2.43. The molecule has 2 aromatic carbocycles. The molecule has 0 bridgehead atoms. The maximum Gasteiger partial charge on any atom is 0.318 e. The van der Waals surface area contributed by atoms with Gasteiger partial charge in [-0.1, -0.05) is 60.7 Å². The average Bonchev–Trinajstić information content (AvgIpc) is 3.12. The number of aromatic amines is 1. The van der Waals surface area contributed by atoms with E-state index in [9.17, 15) is 4.79 Å². The van der Waals surface area contributed by atoms with E-state index in [0.29, 0.717) is 13.1 Å². The van der Waals surface area contributed by atoms with Crippen molar-refractivity contribution in [2.45, 2.75) is 25.9 Å². The minimum Gasteiger partial charge on any atom is -0.331 e. The van der Waals surface area contributed by atoms with Gasteiger partial charge in [0.25, 0.3) is 0 Å². The van der Waals surface area contributed by atoms with E-state index in [-0.39, 0.29) is 12.1 Å². The lowest BCUT2D eigenvalue weighted by Gasteiger charge is -2.29. The van der Waals surface area contributed by atoms with E-state index in [4.69, 9.17) is 0 Å². The van der Waals surface area contributed by atoms with Crippen molar-refractivity contribution in [2.75, 3.05) is 6.54 Å². The molecule has 1 aromatic heterocycles. The van der Waals surface area contributed by atoms with Gasteiger partial charge in [0.05, 0.1) is 18.3 Å². The summed E-state index contributed by atoms with van der Waals surface area (Å²) in [6.07, 6.45) is 0.794. The maximum atomic E-state index is 12.7. The first kappa shape index (κ1) is 16.4. The molecule has 0 saturated carbocycles. The van der Waals surface area contributed by atoms with Crippen molar-refractivity contribution < 1.29 is 4.79 Å². The number of rotatable bonds is 3. The van der Waals surface area contributed by atoms with Gasteiger partial charge < -0.3 is 10.2 Å². The standard InChI is InChI=1S/C21H22N4O/c1-15(16-8-4-2-5-9-16)22-21(26)25-13-12-19-18(14-25)20(24-23-19)17-10-6-3-7-11-17/h2-11,15H,12-14H2,1H3,(H,22,26)(H,23,24). The van der Waals surface area contributed by atoms with Crippen LogP contribution in [0, 0.1) is 0 Å². The van der Waals surface area contributed by atoms with Crippen LogP contribution in [-0.4, -0.2) is 27.7 Å². The normalized spacial score (nSPS) is 14.6. The summed E-state index contributed by atoms with van der Waals surface area (Å²) in [5.74, 6) is 0. The Labute approximate surface area is 153 Å². The summed E-state index contributed by atoms with van der Waals surface area (Å²) in [4.78, 5) is 14.6. The molecule has 0 saturated heterocycles. The number of hydrogen-bond donors (Lipinski definition) is 2. The molecule has 0 fully saturated rings. The van der Waals surface area contributed by atoms with E-state index in [1.165, 1.54) is 0 Å². The van der Waals surface area contributed by atoms with Crippen LogP contribution < -0.4 is 5.32 Å². The third kappa shape index (κ3) is 3.20. The second-order valence-corrected chi connectivity index (χ2v) is 6.65. The second kappa shape index (κ2) is 7.04. The Balaban J connectivity index is 1.50. The third-order valence-corrected chi connectivity index (χ3v) is 4.91. The molecule has 2 N–H and O–H groups in total. The molecule has 3 aromatic rings. The molecule has 1 unspecified atom stereocenters. The van der Waals surface area contributed by atoms with Gasteiger partial charge in [0.1, 0.15) is 0 Å². The van der Waals surface area contributed by atoms with Gasteiger partial charge in [0.15, 0.2) is 0 Å². The Hall–Kier alpha value is -3.08. The van der Waals surface area contributed by atoms with Crippen LogP contribution in [0.1, 0.15) is 29.8 Å². The minimum atomic E-state index is -0.0350. The number of hydrogen-bond acceptors (Lipinski definition) is 2. The quantitative estimate of drug-likeness (QED) is 0.755. The molecule has 5 nitrogen and oxygen atoms in total. The zero-order valence-corrected chi connectivity index (χ0v) is 14.8. The summed E-state index contributed by atoms with van der Waals surface area (Å²) in [6, 6.07) is 20.1. The van der Waals surface area contributed by atoms with Gasteiger partial charge in [-0.2, -0.15) is 5.10 Å². The first-order valence-electron chi connectivity index (χ1n) is 8.94. The van der Waals surface area contributed by atoms with E-state index in [1.807, 2.05) is 72.5 Å². The van der Waals surface area contributed by atoms with Crippen molar-refractivity contribution in [3.8, 4) is 11.3 Å². The smallest absolute Gasteiger partial charge is 0.318 e. The van der Waals surface area contributed by atoms with Gasteiger partial charge in [-0.25, -0.2) is 4.79 Å². The van der Waals surface area contributed by atoms with Gasteiger partial charge in [-0.05, 0) is 12.5 Å². The maximum absolute atomic E-state index is 12.7. The number of amides is 2. The molecule has 5 heteroatoms. The van der Waals surface area contributed by atoms with Crippen LogP contribution in [0.25, 0.3) is 11.3 Å². The van der Waals surface area contributed by atoms with Crippen molar-refractivity contribution in [1.29, 1.82) is 0 Å². The van der Waals surface area contributed by atoms with Crippen LogP contribution in [0.4, 0.5) is 4.79 Å². The fourth-order valence-electron chi connectivity index (χ4n) is 3.40. The molecule has 1 aliphatic heterocycles.